The van der Waals surface area contributed by atoms with Crippen molar-refractivity contribution in [3.8, 4) is 0 Å². The number of aromatic nitrogens is 2. The zero-order valence-electron chi connectivity index (χ0n) is 14.2. The van der Waals surface area contributed by atoms with E-state index < -0.39 is 23.8 Å². The molecule has 1 aromatic heterocycles. The molecule has 0 aliphatic heterocycles. The fourth-order valence-electron chi connectivity index (χ4n) is 2.75. The van der Waals surface area contributed by atoms with Crippen LogP contribution >= 0.6 is 0 Å². The fraction of sp³-hybridized carbons (Fsp3) is 0.278. The van der Waals surface area contributed by atoms with E-state index in [0.29, 0.717) is 22.4 Å². The Bertz CT molecular complexity index is 891. The Morgan fingerprint density at radius 3 is 2.77 bits per heavy atom. The molecular weight excluding hydrogens is 342 g/mol. The quantitative estimate of drug-likeness (QED) is 0.804. The van der Waals surface area contributed by atoms with Gasteiger partial charge in [0.25, 0.3) is 11.8 Å². The van der Waals surface area contributed by atoms with E-state index in [1.54, 1.807) is 19.1 Å². The first-order valence-electron chi connectivity index (χ1n) is 7.98. The maximum Gasteiger partial charge on any atom is 0.272 e. The number of hydrogen-bond donors (Lipinski definition) is 1. The van der Waals surface area contributed by atoms with Gasteiger partial charge < -0.3 is 10.6 Å². The van der Waals surface area contributed by atoms with Crippen molar-refractivity contribution in [2.75, 3.05) is 4.90 Å². The molecular formula is C18H18F2N4O2. The predicted octanol–water partition coefficient (Wildman–Crippen LogP) is 2.59. The Morgan fingerprint density at radius 2 is 2.19 bits per heavy atom. The molecule has 8 heteroatoms. The molecule has 0 saturated heterocycles. The number of carbonyl (C=O) groups is 2. The molecule has 1 aliphatic rings. The van der Waals surface area contributed by atoms with Crippen LogP contribution in [-0.2, 0) is 11.3 Å². The van der Waals surface area contributed by atoms with Crippen LogP contribution in [-0.4, -0.2) is 27.5 Å². The molecule has 26 heavy (non-hydrogen) atoms. The summed E-state index contributed by atoms with van der Waals surface area (Å²) in [6, 6.07) is 3.97. The summed E-state index contributed by atoms with van der Waals surface area (Å²) in [7, 11) is 0. The molecule has 6 nitrogen and oxygen atoms in total. The second-order valence-electron chi connectivity index (χ2n) is 6.30. The molecule has 0 bridgehead atoms. The normalized spacial score (nSPS) is 17.6. The van der Waals surface area contributed by atoms with Crippen LogP contribution in [0.5, 0.6) is 0 Å². The number of carbonyl (C=O) groups excluding carboxylic acids is 2. The summed E-state index contributed by atoms with van der Waals surface area (Å²) in [5.41, 5.74) is 7.41. The number of amides is 2. The van der Waals surface area contributed by atoms with Crippen LogP contribution < -0.4 is 10.6 Å². The Labute approximate surface area is 148 Å². The summed E-state index contributed by atoms with van der Waals surface area (Å²) >= 11 is 0. The van der Waals surface area contributed by atoms with Crippen molar-refractivity contribution in [1.82, 2.24) is 9.78 Å². The minimum atomic E-state index is -2.73. The van der Waals surface area contributed by atoms with E-state index in [-0.39, 0.29) is 13.0 Å². The van der Waals surface area contributed by atoms with Crippen LogP contribution in [0, 0.1) is 6.92 Å². The molecule has 1 aromatic carbocycles. The number of primary amides is 1. The molecule has 2 amide bonds. The standard InChI is InChI=1S/C18H18F2N4O2/c1-3-16(25)23(13-5-4-11(2)14(6-13)17(21)26)9-12-8-22-24(10-12)15-7-18(15,19)20/h3-6,8,10,15H,1,7,9H2,2H3,(H2,21,26). The first kappa shape index (κ1) is 17.8. The Morgan fingerprint density at radius 1 is 1.50 bits per heavy atom. The van der Waals surface area contributed by atoms with Gasteiger partial charge in [0.05, 0.1) is 12.7 Å². The first-order chi connectivity index (χ1) is 12.2. The molecule has 1 saturated carbocycles. The molecule has 1 fully saturated rings. The van der Waals surface area contributed by atoms with Crippen LogP contribution in [0.15, 0.2) is 43.2 Å². The number of hydrogen-bond acceptors (Lipinski definition) is 3. The van der Waals surface area contributed by atoms with Gasteiger partial charge >= 0.3 is 0 Å². The highest BCUT2D eigenvalue weighted by Gasteiger charge is 2.59. The van der Waals surface area contributed by atoms with Crippen molar-refractivity contribution in [3.05, 3.63) is 59.9 Å². The lowest BCUT2D eigenvalue weighted by Gasteiger charge is -2.21. The Kier molecular flexibility index (Phi) is 4.35. The van der Waals surface area contributed by atoms with E-state index >= 15 is 0 Å². The van der Waals surface area contributed by atoms with Gasteiger partial charge in [0.2, 0.25) is 5.91 Å². The maximum atomic E-state index is 13.2. The van der Waals surface area contributed by atoms with Crippen molar-refractivity contribution in [1.29, 1.82) is 0 Å². The minimum absolute atomic E-state index is 0.102. The highest BCUT2D eigenvalue weighted by atomic mass is 19.3. The summed E-state index contributed by atoms with van der Waals surface area (Å²) in [6.07, 6.45) is 3.85. The van der Waals surface area contributed by atoms with Crippen LogP contribution in [0.1, 0.15) is 33.9 Å². The van der Waals surface area contributed by atoms with E-state index in [2.05, 4.69) is 11.7 Å². The number of nitrogens with zero attached hydrogens (tertiary/aromatic N) is 3. The number of rotatable bonds is 6. The lowest BCUT2D eigenvalue weighted by Crippen LogP contribution is -2.29. The Hall–Kier alpha value is -3.03. The summed E-state index contributed by atoms with van der Waals surface area (Å²) < 4.78 is 27.6. The minimum Gasteiger partial charge on any atom is -0.366 e. The van der Waals surface area contributed by atoms with Gasteiger partial charge in [0.15, 0.2) is 0 Å². The average molecular weight is 360 g/mol. The molecule has 136 valence electrons. The number of aryl methyl sites for hydroxylation is 1. The smallest absolute Gasteiger partial charge is 0.272 e. The average Bonchev–Trinajstić information content (AvgIpc) is 3.02. The van der Waals surface area contributed by atoms with Crippen LogP contribution in [0.25, 0.3) is 0 Å². The van der Waals surface area contributed by atoms with Gasteiger partial charge in [-0.3, -0.25) is 14.3 Å². The van der Waals surface area contributed by atoms with Crippen LogP contribution in [0.4, 0.5) is 14.5 Å². The van der Waals surface area contributed by atoms with E-state index in [1.165, 1.54) is 28.0 Å². The first-order valence-corrected chi connectivity index (χ1v) is 7.98. The largest absolute Gasteiger partial charge is 0.366 e. The van der Waals surface area contributed by atoms with Crippen molar-refractivity contribution < 1.29 is 18.4 Å². The summed E-state index contributed by atoms with van der Waals surface area (Å²) in [4.78, 5) is 25.2. The highest BCUT2D eigenvalue weighted by molar-refractivity contribution is 6.02. The van der Waals surface area contributed by atoms with Crippen molar-refractivity contribution >= 4 is 17.5 Å². The van der Waals surface area contributed by atoms with Gasteiger partial charge in [0, 0.05) is 29.4 Å². The molecule has 3 rings (SSSR count). The molecule has 1 unspecified atom stereocenters. The van der Waals surface area contributed by atoms with Gasteiger partial charge in [-0.15, -0.1) is 0 Å². The molecule has 1 aliphatic carbocycles. The van der Waals surface area contributed by atoms with Gasteiger partial charge in [-0.25, -0.2) is 8.78 Å². The topological polar surface area (TPSA) is 81.2 Å². The SMILES string of the molecule is C=CC(=O)N(Cc1cnn(C2CC2(F)F)c1)c1ccc(C)c(C(N)=O)c1. The second-order valence-corrected chi connectivity index (χ2v) is 6.30. The maximum absolute atomic E-state index is 13.2. The third kappa shape index (κ3) is 3.35. The molecule has 2 aromatic rings. The van der Waals surface area contributed by atoms with Gasteiger partial charge in [-0.1, -0.05) is 12.6 Å². The summed E-state index contributed by atoms with van der Waals surface area (Å²) in [5.74, 6) is -3.72. The van der Waals surface area contributed by atoms with Crippen molar-refractivity contribution in [3.63, 3.8) is 0 Å². The third-order valence-corrected chi connectivity index (χ3v) is 4.35. The van der Waals surface area contributed by atoms with Gasteiger partial charge in [0.1, 0.15) is 6.04 Å². The van der Waals surface area contributed by atoms with Crippen LogP contribution in [0.2, 0.25) is 0 Å². The Balaban J connectivity index is 1.88. The van der Waals surface area contributed by atoms with Gasteiger partial charge in [-0.05, 0) is 30.7 Å². The third-order valence-electron chi connectivity index (χ3n) is 4.35. The molecule has 1 atom stereocenters. The van der Waals surface area contributed by atoms with Crippen molar-refractivity contribution in [2.24, 2.45) is 5.73 Å². The van der Waals surface area contributed by atoms with Crippen LogP contribution in [0.3, 0.4) is 0 Å². The second kappa shape index (κ2) is 6.36. The number of benzene rings is 1. The number of halogens is 2. The molecule has 0 radical (unpaired) electrons. The molecule has 0 spiro atoms. The van der Waals surface area contributed by atoms with Crippen molar-refractivity contribution in [2.45, 2.75) is 31.9 Å². The predicted molar refractivity (Wildman–Crippen MR) is 91.9 cm³/mol. The monoisotopic (exact) mass is 360 g/mol. The van der Waals surface area contributed by atoms with E-state index in [1.807, 2.05) is 0 Å². The van der Waals surface area contributed by atoms with E-state index in [9.17, 15) is 18.4 Å². The fourth-order valence-corrected chi connectivity index (χ4v) is 2.75. The highest BCUT2D eigenvalue weighted by Crippen LogP contribution is 2.52. The summed E-state index contributed by atoms with van der Waals surface area (Å²) in [5, 5.41) is 3.96. The lowest BCUT2D eigenvalue weighted by molar-refractivity contribution is -0.114. The zero-order valence-corrected chi connectivity index (χ0v) is 14.2. The number of alkyl halides is 2. The van der Waals surface area contributed by atoms with E-state index in [4.69, 9.17) is 5.73 Å². The molecule has 1 heterocycles. The number of anilines is 1. The number of nitrogens with two attached hydrogens (primary N) is 1. The lowest BCUT2D eigenvalue weighted by atomic mass is 10.1. The zero-order chi connectivity index (χ0) is 19.1. The van der Waals surface area contributed by atoms with E-state index in [0.717, 1.165) is 6.08 Å². The van der Waals surface area contributed by atoms with Gasteiger partial charge in [-0.2, -0.15) is 5.10 Å². The molecule has 2 N–H and O–H groups in total. The summed E-state index contributed by atoms with van der Waals surface area (Å²) in [6.45, 7) is 5.32.